The quantitative estimate of drug-likeness (QED) is 0.170. The number of sulfonamides is 1. The smallest absolute Gasteiger partial charge is 0.244 e. The van der Waals surface area contributed by atoms with Crippen molar-refractivity contribution >= 4 is 42.6 Å². The highest BCUT2D eigenvalue weighted by Crippen LogP contribution is 2.26. The highest BCUT2D eigenvalue weighted by atomic mass is 79.9. The molecule has 0 atom stereocenters. The van der Waals surface area contributed by atoms with Crippen LogP contribution in [0.4, 0.5) is 0 Å². The van der Waals surface area contributed by atoms with Gasteiger partial charge in [-0.15, -0.1) is 0 Å². The van der Waals surface area contributed by atoms with Crippen LogP contribution in [0.25, 0.3) is 10.8 Å². The average molecular weight is 611 g/mol. The third-order valence-electron chi connectivity index (χ3n) is 6.83. The molecule has 0 N–H and O–H groups in total. The number of hydrogen-bond acceptors (Lipinski definition) is 3. The van der Waals surface area contributed by atoms with E-state index >= 15 is 0 Å². The van der Waals surface area contributed by atoms with E-state index in [0.717, 1.165) is 34.0 Å². The molecule has 3 aromatic carbocycles. The van der Waals surface area contributed by atoms with Gasteiger partial charge in [0.25, 0.3) is 0 Å². The minimum Gasteiger partial charge on any atom is -0.345 e. The molecule has 0 radical (unpaired) electrons. The molecule has 0 fully saturated rings. The molecule has 0 spiro atoms. The number of carbonyl (C=O) groups excluding carboxylic acids is 1. The molecule has 0 aliphatic heterocycles. The van der Waals surface area contributed by atoms with E-state index in [1.54, 1.807) is 17.0 Å². The summed E-state index contributed by atoms with van der Waals surface area (Å²) in [4.78, 5) is 15.8. The lowest BCUT2D eigenvalue weighted by Crippen LogP contribution is -2.43. The van der Waals surface area contributed by atoms with Crippen molar-refractivity contribution in [3.8, 4) is 0 Å². The predicted molar refractivity (Wildman–Crippen MR) is 161 cm³/mol. The fraction of sp³-hybridized carbons (Fsp3) is 0.323. The van der Waals surface area contributed by atoms with E-state index in [0.29, 0.717) is 31.4 Å². The zero-order valence-electron chi connectivity index (χ0n) is 22.6. The Balaban J connectivity index is 1.57. The highest BCUT2D eigenvalue weighted by molar-refractivity contribution is 9.10. The van der Waals surface area contributed by atoms with Gasteiger partial charge in [0.15, 0.2) is 0 Å². The summed E-state index contributed by atoms with van der Waals surface area (Å²) in [5, 5.41) is 1.53. The monoisotopic (exact) mass is 609 g/mol. The third-order valence-corrected chi connectivity index (χ3v) is 9.26. The van der Waals surface area contributed by atoms with E-state index in [1.807, 2.05) is 67.7 Å². The summed E-state index contributed by atoms with van der Waals surface area (Å²) in [5.41, 5.74) is 2.18. The van der Waals surface area contributed by atoms with Crippen LogP contribution in [-0.2, 0) is 27.9 Å². The van der Waals surface area contributed by atoms with Crippen molar-refractivity contribution in [2.45, 2.75) is 51.1 Å². The Kier molecular flexibility index (Phi) is 9.99. The molecular weight excluding hydrogens is 574 g/mol. The molecule has 0 saturated heterocycles. The molecule has 0 saturated carbocycles. The van der Waals surface area contributed by atoms with E-state index in [1.165, 1.54) is 4.31 Å². The normalized spacial score (nSPS) is 11.8. The maximum absolute atomic E-state index is 13.9. The fourth-order valence-corrected chi connectivity index (χ4v) is 6.67. The SMILES string of the molecule is CCCCN(Cc1cccn1Cc1ccc(Br)cc1)C(=O)CN(CCC)S(=O)(=O)c1cccc2ccccc12. The van der Waals surface area contributed by atoms with E-state index in [2.05, 4.69) is 39.6 Å². The number of unbranched alkanes of at least 4 members (excludes halogenated alkanes) is 1. The molecule has 39 heavy (non-hydrogen) atoms. The van der Waals surface area contributed by atoms with E-state index in [-0.39, 0.29) is 23.9 Å². The van der Waals surface area contributed by atoms with Crippen molar-refractivity contribution in [1.82, 2.24) is 13.8 Å². The minimum absolute atomic E-state index is 0.183. The van der Waals surface area contributed by atoms with Gasteiger partial charge in [0.05, 0.1) is 18.0 Å². The van der Waals surface area contributed by atoms with Gasteiger partial charge in [-0.25, -0.2) is 8.42 Å². The number of benzene rings is 3. The summed E-state index contributed by atoms with van der Waals surface area (Å²) in [6.45, 7) is 5.81. The van der Waals surface area contributed by atoms with Gasteiger partial charge in [-0.3, -0.25) is 4.79 Å². The van der Waals surface area contributed by atoms with Crippen LogP contribution in [0.15, 0.2) is 94.4 Å². The standard InChI is InChI=1S/C31H36BrN3O3S/c1-3-5-20-34(23-28-12-9-21-33(28)22-25-15-17-27(32)18-16-25)31(36)24-35(19-4-2)39(37,38)30-14-8-11-26-10-6-7-13-29(26)30/h6-18,21H,3-5,19-20,22-24H2,1-2H3. The maximum atomic E-state index is 13.9. The molecular formula is C31H36BrN3O3S. The van der Waals surface area contributed by atoms with Gasteiger partial charge in [0.2, 0.25) is 15.9 Å². The fourth-order valence-electron chi connectivity index (χ4n) is 4.71. The molecule has 1 heterocycles. The predicted octanol–water partition coefficient (Wildman–Crippen LogP) is 6.68. The lowest BCUT2D eigenvalue weighted by atomic mass is 10.1. The first-order valence-electron chi connectivity index (χ1n) is 13.5. The Labute approximate surface area is 240 Å². The third kappa shape index (κ3) is 7.18. The molecule has 1 amide bonds. The average Bonchev–Trinajstić information content (AvgIpc) is 3.37. The summed E-state index contributed by atoms with van der Waals surface area (Å²) in [7, 11) is -3.88. The van der Waals surface area contributed by atoms with Gasteiger partial charge < -0.3 is 9.47 Å². The van der Waals surface area contributed by atoms with Crippen LogP contribution >= 0.6 is 15.9 Å². The lowest BCUT2D eigenvalue weighted by Gasteiger charge is -2.28. The zero-order chi connectivity index (χ0) is 27.8. The molecule has 206 valence electrons. The number of fused-ring (bicyclic) bond motifs is 1. The number of nitrogens with zero attached hydrogens (tertiary/aromatic N) is 3. The van der Waals surface area contributed by atoms with Gasteiger partial charge in [-0.05, 0) is 54.1 Å². The first-order chi connectivity index (χ1) is 18.8. The topological polar surface area (TPSA) is 62.6 Å². The van der Waals surface area contributed by atoms with E-state index in [9.17, 15) is 13.2 Å². The number of aromatic nitrogens is 1. The summed E-state index contributed by atoms with van der Waals surface area (Å²) in [6.07, 6.45) is 4.43. The van der Waals surface area contributed by atoms with Crippen LogP contribution in [0.5, 0.6) is 0 Å². The summed E-state index contributed by atoms with van der Waals surface area (Å²) < 4.78 is 32.2. The van der Waals surface area contributed by atoms with Crippen molar-refractivity contribution in [2.24, 2.45) is 0 Å². The Bertz CT molecular complexity index is 1490. The van der Waals surface area contributed by atoms with Crippen molar-refractivity contribution in [3.05, 3.63) is 101 Å². The lowest BCUT2D eigenvalue weighted by molar-refractivity contribution is -0.132. The summed E-state index contributed by atoms with van der Waals surface area (Å²) >= 11 is 3.48. The second-order valence-electron chi connectivity index (χ2n) is 9.74. The number of amides is 1. The van der Waals surface area contributed by atoms with Gasteiger partial charge in [-0.2, -0.15) is 4.31 Å². The Morgan fingerprint density at radius 3 is 2.36 bits per heavy atom. The number of rotatable bonds is 13. The largest absolute Gasteiger partial charge is 0.345 e. The van der Waals surface area contributed by atoms with Crippen LogP contribution < -0.4 is 0 Å². The zero-order valence-corrected chi connectivity index (χ0v) is 25.0. The maximum Gasteiger partial charge on any atom is 0.244 e. The molecule has 8 heteroatoms. The van der Waals surface area contributed by atoms with Crippen molar-refractivity contribution in [1.29, 1.82) is 0 Å². The first kappa shape index (κ1) is 29.1. The molecule has 0 unspecified atom stereocenters. The van der Waals surface area contributed by atoms with Gasteiger partial charge in [0, 0.05) is 41.4 Å². The molecule has 1 aromatic heterocycles. The second kappa shape index (κ2) is 13.4. The van der Waals surface area contributed by atoms with Crippen LogP contribution in [0, 0.1) is 0 Å². The molecule has 4 aromatic rings. The van der Waals surface area contributed by atoms with Crippen LogP contribution in [-0.4, -0.2) is 47.7 Å². The van der Waals surface area contributed by atoms with Gasteiger partial charge >= 0.3 is 0 Å². The first-order valence-corrected chi connectivity index (χ1v) is 15.7. The highest BCUT2D eigenvalue weighted by Gasteiger charge is 2.29. The number of carbonyl (C=O) groups is 1. The van der Waals surface area contributed by atoms with Gasteiger partial charge in [-0.1, -0.05) is 84.7 Å². The van der Waals surface area contributed by atoms with Crippen molar-refractivity contribution in [2.75, 3.05) is 19.6 Å². The van der Waals surface area contributed by atoms with Crippen LogP contribution in [0.3, 0.4) is 0 Å². The Morgan fingerprint density at radius 2 is 1.62 bits per heavy atom. The summed E-state index contributed by atoms with van der Waals surface area (Å²) in [6, 6.07) is 25.0. The molecule has 0 bridgehead atoms. The number of halogens is 1. The minimum atomic E-state index is -3.88. The summed E-state index contributed by atoms with van der Waals surface area (Å²) in [5.74, 6) is -0.183. The number of hydrogen-bond donors (Lipinski definition) is 0. The molecule has 0 aliphatic carbocycles. The Morgan fingerprint density at radius 1 is 0.872 bits per heavy atom. The van der Waals surface area contributed by atoms with E-state index in [4.69, 9.17) is 0 Å². The second-order valence-corrected chi connectivity index (χ2v) is 12.6. The Hall–Kier alpha value is -2.94. The molecule has 0 aliphatic rings. The van der Waals surface area contributed by atoms with Crippen molar-refractivity contribution in [3.63, 3.8) is 0 Å². The molecule has 4 rings (SSSR count). The van der Waals surface area contributed by atoms with Crippen LogP contribution in [0.1, 0.15) is 44.4 Å². The molecule has 6 nitrogen and oxygen atoms in total. The van der Waals surface area contributed by atoms with Crippen molar-refractivity contribution < 1.29 is 13.2 Å². The van der Waals surface area contributed by atoms with Gasteiger partial charge in [0.1, 0.15) is 0 Å². The van der Waals surface area contributed by atoms with E-state index < -0.39 is 10.0 Å². The van der Waals surface area contributed by atoms with Crippen LogP contribution in [0.2, 0.25) is 0 Å².